The Morgan fingerprint density at radius 2 is 2.26 bits per heavy atom. The lowest BCUT2D eigenvalue weighted by molar-refractivity contribution is -0.118. The minimum Gasteiger partial charge on any atom is -0.355 e. The van der Waals surface area contributed by atoms with Crippen LogP contribution >= 0.6 is 23.1 Å². The van der Waals surface area contributed by atoms with E-state index in [9.17, 15) is 4.79 Å². The van der Waals surface area contributed by atoms with Crippen molar-refractivity contribution in [3.8, 4) is 0 Å². The van der Waals surface area contributed by atoms with Crippen molar-refractivity contribution in [2.45, 2.75) is 18.0 Å². The Balaban J connectivity index is 1.51. The topological polar surface area (TPSA) is 85.6 Å². The second-order valence-electron chi connectivity index (χ2n) is 5.10. The summed E-state index contributed by atoms with van der Waals surface area (Å²) in [6.45, 7) is 2.63. The first-order valence-corrected chi connectivity index (χ1v) is 8.91. The summed E-state index contributed by atoms with van der Waals surface area (Å²) < 4.78 is 2.72. The van der Waals surface area contributed by atoms with Gasteiger partial charge in [-0.2, -0.15) is 0 Å². The van der Waals surface area contributed by atoms with E-state index in [1.54, 1.807) is 23.1 Å². The van der Waals surface area contributed by atoms with E-state index >= 15 is 0 Å². The summed E-state index contributed by atoms with van der Waals surface area (Å²) in [5, 5.41) is 15.7. The van der Waals surface area contributed by atoms with Crippen molar-refractivity contribution in [3.63, 3.8) is 0 Å². The number of hydrogen-bond acceptors (Lipinski definition) is 7. The van der Waals surface area contributed by atoms with Gasteiger partial charge in [-0.3, -0.25) is 4.79 Å². The summed E-state index contributed by atoms with van der Waals surface area (Å²) in [6.07, 6.45) is 0. The molecular weight excluding hydrogens is 332 g/mol. The van der Waals surface area contributed by atoms with Crippen LogP contribution < -0.4 is 5.32 Å². The van der Waals surface area contributed by atoms with Crippen LogP contribution in [0.2, 0.25) is 0 Å². The molecule has 0 aliphatic carbocycles. The lowest BCUT2D eigenvalue weighted by atomic mass is 10.2. The van der Waals surface area contributed by atoms with Crippen LogP contribution in [0.15, 0.2) is 29.4 Å². The molecule has 0 aliphatic heterocycles. The van der Waals surface area contributed by atoms with E-state index < -0.39 is 0 Å². The van der Waals surface area contributed by atoms with Crippen molar-refractivity contribution < 1.29 is 4.79 Å². The Hall–Kier alpha value is -2.00. The van der Waals surface area contributed by atoms with Crippen molar-refractivity contribution in [2.24, 2.45) is 7.05 Å². The highest BCUT2D eigenvalue weighted by Crippen LogP contribution is 2.26. The number of hydrogen-bond donors (Lipinski definition) is 1. The molecular formula is C14H16N6OS2. The first kappa shape index (κ1) is 15.9. The number of nitrogens with one attached hydrogen (secondary N) is 1. The van der Waals surface area contributed by atoms with Gasteiger partial charge in [0.25, 0.3) is 0 Å². The smallest absolute Gasteiger partial charge is 0.230 e. The Morgan fingerprint density at radius 3 is 3.00 bits per heavy atom. The fraction of sp³-hybridized carbons (Fsp3) is 0.357. The first-order chi connectivity index (χ1) is 11.1. The third-order valence-electron chi connectivity index (χ3n) is 3.25. The van der Waals surface area contributed by atoms with Gasteiger partial charge in [0.1, 0.15) is 0 Å². The highest BCUT2D eigenvalue weighted by molar-refractivity contribution is 7.99. The molecule has 1 aromatic carbocycles. The van der Waals surface area contributed by atoms with Gasteiger partial charge >= 0.3 is 0 Å². The van der Waals surface area contributed by atoms with E-state index in [2.05, 4.69) is 38.8 Å². The lowest BCUT2D eigenvalue weighted by Crippen LogP contribution is -2.29. The molecule has 1 amide bonds. The minimum atomic E-state index is -0.0361. The number of aromatic nitrogens is 5. The second kappa shape index (κ2) is 7.05. The number of amides is 1. The monoisotopic (exact) mass is 348 g/mol. The molecule has 3 rings (SSSR count). The van der Waals surface area contributed by atoms with E-state index in [-0.39, 0.29) is 11.8 Å². The summed E-state index contributed by atoms with van der Waals surface area (Å²) in [6, 6.07) is 8.06. The van der Waals surface area contributed by atoms with E-state index in [4.69, 9.17) is 0 Å². The molecule has 3 aromatic rings. The van der Waals surface area contributed by atoms with E-state index in [0.29, 0.717) is 17.5 Å². The van der Waals surface area contributed by atoms with Gasteiger partial charge < -0.3 is 5.32 Å². The number of benzene rings is 1. The minimum absolute atomic E-state index is 0.0361. The third-order valence-corrected chi connectivity index (χ3v) is 5.53. The molecule has 0 saturated carbocycles. The molecule has 23 heavy (non-hydrogen) atoms. The maximum Gasteiger partial charge on any atom is 0.230 e. The van der Waals surface area contributed by atoms with Gasteiger partial charge in [-0.15, -0.1) is 16.4 Å². The number of tetrazole rings is 1. The number of rotatable bonds is 6. The van der Waals surface area contributed by atoms with Crippen molar-refractivity contribution >= 4 is 39.2 Å². The van der Waals surface area contributed by atoms with Crippen LogP contribution in [-0.2, 0) is 11.8 Å². The molecule has 1 N–H and O–H groups in total. The number of para-hydroxylation sites is 1. The van der Waals surface area contributed by atoms with Crippen LogP contribution in [0.4, 0.5) is 0 Å². The predicted octanol–water partition coefficient (Wildman–Crippen LogP) is 1.83. The molecule has 0 saturated heterocycles. The van der Waals surface area contributed by atoms with Gasteiger partial charge in [-0.1, -0.05) is 30.8 Å². The number of thioether (sulfide) groups is 1. The van der Waals surface area contributed by atoms with Gasteiger partial charge in [0.05, 0.1) is 21.0 Å². The van der Waals surface area contributed by atoms with Crippen molar-refractivity contribution in [1.82, 2.24) is 30.5 Å². The lowest BCUT2D eigenvalue weighted by Gasteiger charge is -2.09. The Bertz CT molecular complexity index is 781. The fourth-order valence-corrected chi connectivity index (χ4v) is 3.68. The fourth-order valence-electron chi connectivity index (χ4n) is 1.98. The Labute approximate surface area is 141 Å². The molecule has 0 spiro atoms. The summed E-state index contributed by atoms with van der Waals surface area (Å²) in [7, 11) is 1.75. The quantitative estimate of drug-likeness (QED) is 0.684. The zero-order chi connectivity index (χ0) is 16.2. The van der Waals surface area contributed by atoms with Gasteiger partial charge in [0.2, 0.25) is 11.1 Å². The van der Waals surface area contributed by atoms with Crippen LogP contribution in [0.3, 0.4) is 0 Å². The molecule has 0 radical (unpaired) electrons. The Morgan fingerprint density at radius 1 is 1.43 bits per heavy atom. The highest BCUT2D eigenvalue weighted by Gasteiger charge is 2.13. The van der Waals surface area contributed by atoms with Crippen LogP contribution in [0.1, 0.15) is 17.8 Å². The molecule has 9 heteroatoms. The number of carbonyl (C=O) groups is 1. The SMILES string of the molecule is CC(CNC(=O)CSc1nnnn1C)c1nc2ccccc2s1. The molecule has 1 atom stereocenters. The highest BCUT2D eigenvalue weighted by atomic mass is 32.2. The van der Waals surface area contributed by atoms with Crippen LogP contribution in [0.5, 0.6) is 0 Å². The average molecular weight is 348 g/mol. The second-order valence-corrected chi connectivity index (χ2v) is 7.10. The maximum atomic E-state index is 11.9. The molecule has 2 heterocycles. The molecule has 2 aromatic heterocycles. The summed E-state index contributed by atoms with van der Waals surface area (Å²) in [4.78, 5) is 16.6. The van der Waals surface area contributed by atoms with E-state index in [1.165, 1.54) is 16.5 Å². The zero-order valence-electron chi connectivity index (χ0n) is 12.8. The van der Waals surface area contributed by atoms with Crippen LogP contribution in [0.25, 0.3) is 10.2 Å². The number of nitrogens with zero attached hydrogens (tertiary/aromatic N) is 5. The van der Waals surface area contributed by atoms with Crippen molar-refractivity contribution in [3.05, 3.63) is 29.3 Å². The molecule has 1 unspecified atom stereocenters. The van der Waals surface area contributed by atoms with Crippen LogP contribution in [0, 0.1) is 0 Å². The van der Waals surface area contributed by atoms with Crippen molar-refractivity contribution in [1.29, 1.82) is 0 Å². The third kappa shape index (κ3) is 3.85. The normalized spacial score (nSPS) is 12.4. The molecule has 0 bridgehead atoms. The van der Waals surface area contributed by atoms with Gasteiger partial charge in [0.15, 0.2) is 0 Å². The molecule has 0 fully saturated rings. The van der Waals surface area contributed by atoms with Crippen LogP contribution in [-0.4, -0.2) is 43.4 Å². The number of aryl methyl sites for hydroxylation is 1. The maximum absolute atomic E-state index is 11.9. The van der Waals surface area contributed by atoms with Gasteiger partial charge in [0, 0.05) is 19.5 Å². The van der Waals surface area contributed by atoms with E-state index in [0.717, 1.165) is 10.5 Å². The Kier molecular flexibility index (Phi) is 4.87. The molecule has 0 aliphatic rings. The average Bonchev–Trinajstić information content (AvgIpc) is 3.16. The zero-order valence-corrected chi connectivity index (χ0v) is 14.4. The summed E-state index contributed by atoms with van der Waals surface area (Å²) >= 11 is 2.99. The van der Waals surface area contributed by atoms with Gasteiger partial charge in [-0.05, 0) is 22.6 Å². The number of carbonyl (C=O) groups excluding carboxylic acids is 1. The molecule has 7 nitrogen and oxygen atoms in total. The standard InChI is InChI=1S/C14H16N6OS2/c1-9(13-16-10-5-3-4-6-11(10)23-13)7-15-12(21)8-22-14-17-18-19-20(14)2/h3-6,9H,7-8H2,1-2H3,(H,15,21). The number of thiazole rings is 1. The van der Waals surface area contributed by atoms with Crippen molar-refractivity contribution in [2.75, 3.05) is 12.3 Å². The molecule has 120 valence electrons. The number of fused-ring (bicyclic) bond motifs is 1. The first-order valence-electron chi connectivity index (χ1n) is 7.11. The largest absolute Gasteiger partial charge is 0.355 e. The van der Waals surface area contributed by atoms with E-state index in [1.807, 2.05) is 18.2 Å². The predicted molar refractivity (Wildman–Crippen MR) is 90.6 cm³/mol. The summed E-state index contributed by atoms with van der Waals surface area (Å²) in [5.74, 6) is 0.435. The van der Waals surface area contributed by atoms with Gasteiger partial charge in [-0.25, -0.2) is 9.67 Å². The summed E-state index contributed by atoms with van der Waals surface area (Å²) in [5.41, 5.74) is 1.01.